The quantitative estimate of drug-likeness (QED) is 0.778. The highest BCUT2D eigenvalue weighted by Crippen LogP contribution is 2.36. The normalized spacial score (nSPS) is 32.6. The fraction of sp³-hybridized carbons (Fsp3) is 1.00. The summed E-state index contributed by atoms with van der Waals surface area (Å²) in [7, 11) is 0. The lowest BCUT2D eigenvalue weighted by molar-refractivity contribution is 0.172. The molecule has 0 bridgehead atoms. The smallest absolute Gasteiger partial charge is 0.0167 e. The molecule has 2 N–H and O–H groups in total. The summed E-state index contributed by atoms with van der Waals surface area (Å²) < 4.78 is 0. The SMILES string of the molecule is CCCCC(N)CN1CCC2CCCCC21. The molecule has 0 radical (unpaired) electrons. The summed E-state index contributed by atoms with van der Waals surface area (Å²) >= 11 is 0. The summed E-state index contributed by atoms with van der Waals surface area (Å²) in [5.74, 6) is 1.01. The van der Waals surface area contributed by atoms with E-state index in [2.05, 4.69) is 11.8 Å². The molecule has 1 heterocycles. The Labute approximate surface area is 101 Å². The first kappa shape index (κ1) is 12.4. The minimum Gasteiger partial charge on any atom is -0.327 e. The minimum atomic E-state index is 0.417. The lowest BCUT2D eigenvalue weighted by Crippen LogP contribution is -2.42. The van der Waals surface area contributed by atoms with Crippen LogP contribution in [0.2, 0.25) is 0 Å². The van der Waals surface area contributed by atoms with Gasteiger partial charge in [-0.3, -0.25) is 4.90 Å². The van der Waals surface area contributed by atoms with E-state index >= 15 is 0 Å². The van der Waals surface area contributed by atoms with E-state index in [0.717, 1.165) is 18.5 Å². The van der Waals surface area contributed by atoms with E-state index in [4.69, 9.17) is 5.73 Å². The molecule has 0 amide bonds. The number of rotatable bonds is 5. The summed E-state index contributed by atoms with van der Waals surface area (Å²) in [6.07, 6.45) is 11.0. The highest BCUT2D eigenvalue weighted by molar-refractivity contribution is 4.90. The van der Waals surface area contributed by atoms with Crippen LogP contribution in [0.3, 0.4) is 0 Å². The van der Waals surface area contributed by atoms with Crippen molar-refractivity contribution in [1.82, 2.24) is 4.90 Å². The van der Waals surface area contributed by atoms with Crippen molar-refractivity contribution < 1.29 is 0 Å². The van der Waals surface area contributed by atoms with Gasteiger partial charge in [0.25, 0.3) is 0 Å². The molecule has 0 aromatic heterocycles. The summed E-state index contributed by atoms with van der Waals surface area (Å²) in [6.45, 7) is 4.72. The van der Waals surface area contributed by atoms with Crippen molar-refractivity contribution in [3.63, 3.8) is 0 Å². The van der Waals surface area contributed by atoms with Gasteiger partial charge in [-0.1, -0.05) is 32.6 Å². The maximum atomic E-state index is 6.22. The second-order valence-corrected chi connectivity index (χ2v) is 5.80. The molecule has 2 aliphatic rings. The van der Waals surface area contributed by atoms with E-state index in [-0.39, 0.29) is 0 Å². The van der Waals surface area contributed by atoms with Crippen molar-refractivity contribution in [3.8, 4) is 0 Å². The third-order valence-electron chi connectivity index (χ3n) is 4.52. The zero-order valence-corrected chi connectivity index (χ0v) is 10.8. The van der Waals surface area contributed by atoms with Gasteiger partial charge < -0.3 is 5.73 Å². The Morgan fingerprint density at radius 2 is 2.06 bits per heavy atom. The fourth-order valence-electron chi connectivity index (χ4n) is 3.59. The molecule has 3 unspecified atom stereocenters. The maximum Gasteiger partial charge on any atom is 0.0167 e. The van der Waals surface area contributed by atoms with Crippen LogP contribution in [0, 0.1) is 5.92 Å². The number of nitrogens with zero attached hydrogens (tertiary/aromatic N) is 1. The van der Waals surface area contributed by atoms with Gasteiger partial charge in [0.1, 0.15) is 0 Å². The van der Waals surface area contributed by atoms with E-state index in [1.165, 1.54) is 57.9 Å². The second kappa shape index (κ2) is 6.02. The first-order chi connectivity index (χ1) is 7.81. The van der Waals surface area contributed by atoms with E-state index in [1.54, 1.807) is 0 Å². The minimum absolute atomic E-state index is 0.417. The Morgan fingerprint density at radius 3 is 2.88 bits per heavy atom. The zero-order chi connectivity index (χ0) is 11.4. The van der Waals surface area contributed by atoms with Crippen molar-refractivity contribution in [2.75, 3.05) is 13.1 Å². The number of unbranched alkanes of at least 4 members (excludes halogenated alkanes) is 1. The maximum absolute atomic E-state index is 6.22. The van der Waals surface area contributed by atoms with Gasteiger partial charge >= 0.3 is 0 Å². The number of nitrogens with two attached hydrogens (primary N) is 1. The molecule has 1 saturated carbocycles. The molecule has 1 saturated heterocycles. The predicted octanol–water partition coefficient (Wildman–Crippen LogP) is 2.77. The average Bonchev–Trinajstić information content (AvgIpc) is 2.70. The molecule has 1 aliphatic heterocycles. The second-order valence-electron chi connectivity index (χ2n) is 5.80. The van der Waals surface area contributed by atoms with Crippen LogP contribution in [0.4, 0.5) is 0 Å². The molecule has 2 fully saturated rings. The Bertz CT molecular complexity index is 205. The fourth-order valence-corrected chi connectivity index (χ4v) is 3.59. The highest BCUT2D eigenvalue weighted by atomic mass is 15.2. The Balaban J connectivity index is 1.76. The third-order valence-corrected chi connectivity index (χ3v) is 4.52. The third kappa shape index (κ3) is 2.98. The lowest BCUT2D eigenvalue weighted by atomic mass is 9.85. The van der Waals surface area contributed by atoms with Crippen LogP contribution in [0.15, 0.2) is 0 Å². The lowest BCUT2D eigenvalue weighted by Gasteiger charge is -2.33. The van der Waals surface area contributed by atoms with Gasteiger partial charge in [-0.25, -0.2) is 0 Å². The molecule has 3 atom stereocenters. The monoisotopic (exact) mass is 224 g/mol. The number of hydrogen-bond acceptors (Lipinski definition) is 2. The van der Waals surface area contributed by atoms with E-state index < -0.39 is 0 Å². The zero-order valence-electron chi connectivity index (χ0n) is 10.8. The molecule has 0 aromatic rings. The van der Waals surface area contributed by atoms with Gasteiger partial charge in [0.05, 0.1) is 0 Å². The molecule has 2 rings (SSSR count). The van der Waals surface area contributed by atoms with Crippen LogP contribution in [0.1, 0.15) is 58.3 Å². The van der Waals surface area contributed by atoms with Crippen molar-refractivity contribution in [3.05, 3.63) is 0 Å². The number of hydrogen-bond donors (Lipinski definition) is 1. The number of fused-ring (bicyclic) bond motifs is 1. The summed E-state index contributed by atoms with van der Waals surface area (Å²) in [5.41, 5.74) is 6.22. The Kier molecular flexibility index (Phi) is 4.66. The van der Waals surface area contributed by atoms with Crippen LogP contribution in [-0.2, 0) is 0 Å². The van der Waals surface area contributed by atoms with Gasteiger partial charge in [-0.15, -0.1) is 0 Å². The number of likely N-dealkylation sites (tertiary alicyclic amines) is 1. The van der Waals surface area contributed by atoms with E-state index in [0.29, 0.717) is 6.04 Å². The van der Waals surface area contributed by atoms with Gasteiger partial charge in [0.15, 0.2) is 0 Å². The highest BCUT2D eigenvalue weighted by Gasteiger charge is 2.35. The molecule has 16 heavy (non-hydrogen) atoms. The van der Waals surface area contributed by atoms with Crippen LogP contribution < -0.4 is 5.73 Å². The molecule has 0 spiro atoms. The van der Waals surface area contributed by atoms with Gasteiger partial charge in [-0.2, -0.15) is 0 Å². The van der Waals surface area contributed by atoms with E-state index in [9.17, 15) is 0 Å². The topological polar surface area (TPSA) is 29.3 Å². The van der Waals surface area contributed by atoms with Crippen molar-refractivity contribution >= 4 is 0 Å². The van der Waals surface area contributed by atoms with Gasteiger partial charge in [0, 0.05) is 18.6 Å². The van der Waals surface area contributed by atoms with Gasteiger partial charge in [-0.05, 0) is 38.1 Å². The molecule has 0 aromatic carbocycles. The molecule has 94 valence electrons. The molecule has 1 aliphatic carbocycles. The van der Waals surface area contributed by atoms with Crippen LogP contribution in [0.25, 0.3) is 0 Å². The summed E-state index contributed by atoms with van der Waals surface area (Å²) in [5, 5.41) is 0. The first-order valence-corrected chi connectivity index (χ1v) is 7.31. The van der Waals surface area contributed by atoms with Crippen molar-refractivity contribution in [2.24, 2.45) is 11.7 Å². The van der Waals surface area contributed by atoms with Crippen LogP contribution >= 0.6 is 0 Å². The van der Waals surface area contributed by atoms with Crippen LogP contribution in [0.5, 0.6) is 0 Å². The summed E-state index contributed by atoms with van der Waals surface area (Å²) in [6, 6.07) is 1.31. The molecular weight excluding hydrogens is 196 g/mol. The Hall–Kier alpha value is -0.0800. The average molecular weight is 224 g/mol. The van der Waals surface area contributed by atoms with E-state index in [1.807, 2.05) is 0 Å². The predicted molar refractivity (Wildman–Crippen MR) is 69.4 cm³/mol. The molecule has 2 nitrogen and oxygen atoms in total. The standard InChI is InChI=1S/C14H28N2/c1-2-3-7-13(15)11-16-10-9-12-6-4-5-8-14(12)16/h12-14H,2-11,15H2,1H3. The Morgan fingerprint density at radius 1 is 1.25 bits per heavy atom. The van der Waals surface area contributed by atoms with Crippen molar-refractivity contribution in [1.29, 1.82) is 0 Å². The van der Waals surface area contributed by atoms with Crippen molar-refractivity contribution in [2.45, 2.75) is 70.4 Å². The molecule has 2 heteroatoms. The first-order valence-electron chi connectivity index (χ1n) is 7.31. The van der Waals surface area contributed by atoms with Crippen LogP contribution in [-0.4, -0.2) is 30.1 Å². The largest absolute Gasteiger partial charge is 0.327 e. The molecular formula is C14H28N2. The summed E-state index contributed by atoms with van der Waals surface area (Å²) in [4.78, 5) is 2.70. The van der Waals surface area contributed by atoms with Gasteiger partial charge in [0.2, 0.25) is 0 Å².